The van der Waals surface area contributed by atoms with Crippen LogP contribution in [0.5, 0.6) is 0 Å². The maximum atomic E-state index is 11.9. The molecule has 0 saturated carbocycles. The van der Waals surface area contributed by atoms with Gasteiger partial charge in [0.05, 0.1) is 17.9 Å². The lowest BCUT2D eigenvalue weighted by Crippen LogP contribution is -2.31. The van der Waals surface area contributed by atoms with Gasteiger partial charge in [-0.05, 0) is 24.6 Å². The molecule has 4 N–H and O–H groups in total. The third-order valence-electron chi connectivity index (χ3n) is 2.99. The molecule has 1 aromatic rings. The van der Waals surface area contributed by atoms with Gasteiger partial charge in [0, 0.05) is 25.8 Å². The molecule has 0 bridgehead atoms. The summed E-state index contributed by atoms with van der Waals surface area (Å²) in [6.45, 7) is 3.44. The number of aliphatic hydroxyl groups is 1. The van der Waals surface area contributed by atoms with Gasteiger partial charge >= 0.3 is 0 Å². The molecule has 0 unspecified atom stereocenters. The zero-order valence-electron chi connectivity index (χ0n) is 11.6. The number of hydrogen-bond donors (Lipinski definition) is 3. The molecule has 0 fully saturated rings. The number of anilines is 2. The predicted molar refractivity (Wildman–Crippen MR) is 78.5 cm³/mol. The molecule has 1 amide bonds. The topological polar surface area (TPSA) is 78.6 Å². The zero-order chi connectivity index (χ0) is 14.3. The van der Waals surface area contributed by atoms with E-state index in [1.165, 1.54) is 0 Å². The summed E-state index contributed by atoms with van der Waals surface area (Å²) in [6.07, 6.45) is 2.06. The van der Waals surface area contributed by atoms with E-state index in [1.807, 2.05) is 4.90 Å². The van der Waals surface area contributed by atoms with Crippen LogP contribution in [0.4, 0.5) is 11.4 Å². The van der Waals surface area contributed by atoms with E-state index in [9.17, 15) is 9.90 Å². The van der Waals surface area contributed by atoms with Crippen LogP contribution >= 0.6 is 0 Å². The Labute approximate surface area is 114 Å². The second-order valence-corrected chi connectivity index (χ2v) is 4.42. The van der Waals surface area contributed by atoms with E-state index in [0.717, 1.165) is 25.1 Å². The fourth-order valence-electron chi connectivity index (χ4n) is 1.96. The van der Waals surface area contributed by atoms with Crippen molar-refractivity contribution in [3.05, 3.63) is 23.8 Å². The van der Waals surface area contributed by atoms with Crippen molar-refractivity contribution in [3.63, 3.8) is 0 Å². The number of hydrogen-bond acceptors (Lipinski definition) is 4. The number of unbranched alkanes of at least 4 members (excludes halogenated alkanes) is 1. The number of aliphatic hydroxyl groups excluding tert-OH is 1. The van der Waals surface area contributed by atoms with Crippen LogP contribution in [0.2, 0.25) is 0 Å². The van der Waals surface area contributed by atoms with Crippen molar-refractivity contribution in [2.75, 3.05) is 37.4 Å². The first-order valence-corrected chi connectivity index (χ1v) is 6.61. The standard InChI is InChI=1S/C14H23N3O2/c1-3-4-7-17(8-9-18)13-10-11(15)5-6-12(13)14(19)16-2/h5-6,10,18H,3-4,7-9,15H2,1-2H3,(H,16,19). The van der Waals surface area contributed by atoms with Crippen LogP contribution in [0, 0.1) is 0 Å². The number of amides is 1. The first-order valence-electron chi connectivity index (χ1n) is 6.61. The van der Waals surface area contributed by atoms with Gasteiger partial charge in [0.15, 0.2) is 0 Å². The molecule has 0 aliphatic heterocycles. The Kier molecular flexibility index (Phi) is 6.15. The van der Waals surface area contributed by atoms with E-state index in [2.05, 4.69) is 12.2 Å². The molecule has 1 aromatic carbocycles. The summed E-state index contributed by atoms with van der Waals surface area (Å²) in [7, 11) is 1.60. The summed E-state index contributed by atoms with van der Waals surface area (Å²) in [5.41, 5.74) is 7.79. The zero-order valence-corrected chi connectivity index (χ0v) is 11.6. The van der Waals surface area contributed by atoms with Crippen LogP contribution < -0.4 is 16.0 Å². The highest BCUT2D eigenvalue weighted by molar-refractivity contribution is 6.00. The number of nitrogens with one attached hydrogen (secondary N) is 1. The van der Waals surface area contributed by atoms with Crippen molar-refractivity contribution in [1.82, 2.24) is 5.32 Å². The van der Waals surface area contributed by atoms with Crippen molar-refractivity contribution in [2.24, 2.45) is 0 Å². The van der Waals surface area contributed by atoms with Gasteiger partial charge < -0.3 is 21.1 Å². The SMILES string of the molecule is CCCCN(CCO)c1cc(N)ccc1C(=O)NC. The molecule has 19 heavy (non-hydrogen) atoms. The van der Waals surface area contributed by atoms with E-state index < -0.39 is 0 Å². The Hall–Kier alpha value is -1.75. The van der Waals surface area contributed by atoms with Crippen LogP contribution in [0.3, 0.4) is 0 Å². The molecular formula is C14H23N3O2. The largest absolute Gasteiger partial charge is 0.399 e. The maximum Gasteiger partial charge on any atom is 0.253 e. The van der Waals surface area contributed by atoms with Crippen LogP contribution in [0.25, 0.3) is 0 Å². The molecule has 0 heterocycles. The number of benzene rings is 1. The summed E-state index contributed by atoms with van der Waals surface area (Å²) in [4.78, 5) is 13.9. The van der Waals surface area contributed by atoms with Gasteiger partial charge in [0.2, 0.25) is 0 Å². The number of nitrogen functional groups attached to an aromatic ring is 1. The van der Waals surface area contributed by atoms with Crippen LogP contribution in [0.15, 0.2) is 18.2 Å². The van der Waals surface area contributed by atoms with E-state index >= 15 is 0 Å². The monoisotopic (exact) mass is 265 g/mol. The van der Waals surface area contributed by atoms with E-state index in [-0.39, 0.29) is 12.5 Å². The van der Waals surface area contributed by atoms with Crippen molar-refractivity contribution in [2.45, 2.75) is 19.8 Å². The summed E-state index contributed by atoms with van der Waals surface area (Å²) in [5.74, 6) is -0.144. The smallest absolute Gasteiger partial charge is 0.253 e. The first-order chi connectivity index (χ1) is 9.13. The minimum atomic E-state index is -0.144. The normalized spacial score (nSPS) is 10.3. The Balaban J connectivity index is 3.10. The molecule has 1 rings (SSSR count). The summed E-state index contributed by atoms with van der Waals surface area (Å²) in [5, 5.41) is 11.8. The highest BCUT2D eigenvalue weighted by Crippen LogP contribution is 2.24. The third kappa shape index (κ3) is 4.13. The molecule has 106 valence electrons. The van der Waals surface area contributed by atoms with Gasteiger partial charge in [-0.2, -0.15) is 0 Å². The lowest BCUT2D eigenvalue weighted by molar-refractivity contribution is 0.0963. The number of carbonyl (C=O) groups is 1. The summed E-state index contributed by atoms with van der Waals surface area (Å²) in [6, 6.07) is 5.22. The van der Waals surface area contributed by atoms with Crippen LogP contribution in [-0.4, -0.2) is 37.8 Å². The first kappa shape index (κ1) is 15.3. The maximum absolute atomic E-state index is 11.9. The average Bonchev–Trinajstić information content (AvgIpc) is 2.42. The van der Waals surface area contributed by atoms with Gasteiger partial charge in [-0.25, -0.2) is 0 Å². The predicted octanol–water partition coefficient (Wildman–Crippen LogP) is 1.23. The highest BCUT2D eigenvalue weighted by atomic mass is 16.3. The third-order valence-corrected chi connectivity index (χ3v) is 2.99. The molecule has 0 atom stereocenters. The number of carbonyl (C=O) groups excluding carboxylic acids is 1. The van der Waals surface area contributed by atoms with Gasteiger partial charge in [-0.15, -0.1) is 0 Å². The van der Waals surface area contributed by atoms with Gasteiger partial charge in [-0.1, -0.05) is 13.3 Å². The second-order valence-electron chi connectivity index (χ2n) is 4.42. The van der Waals surface area contributed by atoms with Gasteiger partial charge in [-0.3, -0.25) is 4.79 Å². The molecule has 0 aliphatic rings. The van der Waals surface area contributed by atoms with E-state index in [4.69, 9.17) is 5.73 Å². The van der Waals surface area contributed by atoms with E-state index in [0.29, 0.717) is 17.8 Å². The number of nitrogens with two attached hydrogens (primary N) is 1. The molecule has 0 saturated heterocycles. The van der Waals surface area contributed by atoms with Crippen molar-refractivity contribution < 1.29 is 9.90 Å². The van der Waals surface area contributed by atoms with Crippen LogP contribution in [-0.2, 0) is 0 Å². The second kappa shape index (κ2) is 7.63. The highest BCUT2D eigenvalue weighted by Gasteiger charge is 2.15. The van der Waals surface area contributed by atoms with Gasteiger partial charge in [0.1, 0.15) is 0 Å². The molecular weight excluding hydrogens is 242 g/mol. The number of rotatable bonds is 7. The molecule has 0 radical (unpaired) electrons. The fourth-order valence-corrected chi connectivity index (χ4v) is 1.96. The summed E-state index contributed by atoms with van der Waals surface area (Å²) < 4.78 is 0. The quantitative estimate of drug-likeness (QED) is 0.648. The summed E-state index contributed by atoms with van der Waals surface area (Å²) >= 11 is 0. The molecule has 0 aromatic heterocycles. The van der Waals surface area contributed by atoms with Crippen molar-refractivity contribution in [1.29, 1.82) is 0 Å². The molecule has 0 aliphatic carbocycles. The Morgan fingerprint density at radius 2 is 2.16 bits per heavy atom. The number of nitrogens with zero attached hydrogens (tertiary/aromatic N) is 1. The van der Waals surface area contributed by atoms with Gasteiger partial charge in [0.25, 0.3) is 5.91 Å². The van der Waals surface area contributed by atoms with Crippen molar-refractivity contribution in [3.8, 4) is 0 Å². The van der Waals surface area contributed by atoms with Crippen LogP contribution in [0.1, 0.15) is 30.1 Å². The molecule has 5 heteroatoms. The van der Waals surface area contributed by atoms with E-state index in [1.54, 1.807) is 25.2 Å². The molecule has 0 spiro atoms. The Morgan fingerprint density at radius 1 is 1.42 bits per heavy atom. The Morgan fingerprint density at radius 3 is 2.74 bits per heavy atom. The van der Waals surface area contributed by atoms with Crippen molar-refractivity contribution >= 4 is 17.3 Å². The fraction of sp³-hybridized carbons (Fsp3) is 0.500. The lowest BCUT2D eigenvalue weighted by Gasteiger charge is -2.26. The Bertz CT molecular complexity index is 421. The minimum absolute atomic E-state index is 0.0473. The average molecular weight is 265 g/mol. The molecule has 5 nitrogen and oxygen atoms in total. The minimum Gasteiger partial charge on any atom is -0.399 e. The lowest BCUT2D eigenvalue weighted by atomic mass is 10.1.